The molecule has 0 radical (unpaired) electrons. The zero-order valence-electron chi connectivity index (χ0n) is 16.5. The second-order valence-corrected chi connectivity index (χ2v) is 9.34. The third-order valence-electron chi connectivity index (χ3n) is 5.36. The number of hydrogen-bond donors (Lipinski definition) is 0. The fraction of sp³-hybridized carbons (Fsp3) is 0.250. The van der Waals surface area contributed by atoms with Gasteiger partial charge in [0, 0.05) is 18.2 Å². The molecule has 150 valence electrons. The van der Waals surface area contributed by atoms with E-state index in [-0.39, 0.29) is 6.04 Å². The van der Waals surface area contributed by atoms with Gasteiger partial charge in [-0.2, -0.15) is 4.31 Å². The molecule has 3 aromatic rings. The molecule has 0 spiro atoms. The maximum Gasteiger partial charge on any atom is 0.243 e. The highest BCUT2D eigenvalue weighted by molar-refractivity contribution is 7.89. The summed E-state index contributed by atoms with van der Waals surface area (Å²) < 4.78 is 34.9. The van der Waals surface area contributed by atoms with Gasteiger partial charge in [-0.1, -0.05) is 66.2 Å². The molecule has 0 saturated heterocycles. The number of nitrogens with zero attached hydrogens (tertiary/aromatic N) is 1. The van der Waals surface area contributed by atoms with E-state index in [1.807, 2.05) is 73.7 Å². The Balaban J connectivity index is 1.75. The molecule has 0 N–H and O–H groups in total. The molecule has 1 atom stereocenters. The molecule has 0 aliphatic carbocycles. The van der Waals surface area contributed by atoms with Crippen molar-refractivity contribution < 1.29 is 13.2 Å². The van der Waals surface area contributed by atoms with E-state index in [0.717, 1.165) is 22.4 Å². The molecule has 0 fully saturated rings. The molecular formula is C24H25NO3S. The van der Waals surface area contributed by atoms with Gasteiger partial charge in [0.2, 0.25) is 10.0 Å². The number of ether oxygens (including phenoxy) is 1. The maximum atomic E-state index is 13.7. The van der Waals surface area contributed by atoms with Crippen molar-refractivity contribution in [2.45, 2.75) is 37.2 Å². The fourth-order valence-electron chi connectivity index (χ4n) is 3.74. The first-order chi connectivity index (χ1) is 14.0. The molecule has 3 aromatic carbocycles. The van der Waals surface area contributed by atoms with Crippen LogP contribution in [0.3, 0.4) is 0 Å². The highest BCUT2D eigenvalue weighted by atomic mass is 32.2. The van der Waals surface area contributed by atoms with Crippen molar-refractivity contribution in [3.63, 3.8) is 0 Å². The monoisotopic (exact) mass is 407 g/mol. The first kappa shape index (κ1) is 19.7. The summed E-state index contributed by atoms with van der Waals surface area (Å²) >= 11 is 0. The second kappa shape index (κ2) is 8.39. The van der Waals surface area contributed by atoms with Crippen LogP contribution in [-0.2, 0) is 23.0 Å². The normalized spacial score (nSPS) is 17.6. The standard InChI is InChI=1S/C24H25NO3S/c1-19-11-13-23(14-12-19)29(26,27)25-18-21-9-5-6-10-24(21)28-16-15-22(25)17-20-7-3-2-4-8-20/h2-14,22H,15-18H2,1H3/t22-/m1/s1. The number of aryl methyl sites for hydroxylation is 1. The summed E-state index contributed by atoms with van der Waals surface area (Å²) in [5, 5.41) is 0. The summed E-state index contributed by atoms with van der Waals surface area (Å²) in [6, 6.07) is 24.6. The lowest BCUT2D eigenvalue weighted by molar-refractivity contribution is 0.212. The molecule has 0 amide bonds. The Morgan fingerprint density at radius 3 is 2.38 bits per heavy atom. The van der Waals surface area contributed by atoms with Gasteiger partial charge >= 0.3 is 0 Å². The molecule has 0 saturated carbocycles. The zero-order chi connectivity index (χ0) is 20.3. The van der Waals surface area contributed by atoms with Crippen molar-refractivity contribution >= 4 is 10.0 Å². The van der Waals surface area contributed by atoms with E-state index < -0.39 is 10.0 Å². The van der Waals surface area contributed by atoms with E-state index in [2.05, 4.69) is 0 Å². The summed E-state index contributed by atoms with van der Waals surface area (Å²) in [7, 11) is -3.65. The summed E-state index contributed by atoms with van der Waals surface area (Å²) in [5.41, 5.74) is 3.05. The van der Waals surface area contributed by atoms with Gasteiger partial charge in [0.25, 0.3) is 0 Å². The highest BCUT2D eigenvalue weighted by Crippen LogP contribution is 2.30. The van der Waals surface area contributed by atoms with Crippen molar-refractivity contribution in [1.82, 2.24) is 4.31 Å². The van der Waals surface area contributed by atoms with Crippen molar-refractivity contribution in [1.29, 1.82) is 0 Å². The van der Waals surface area contributed by atoms with Crippen molar-refractivity contribution in [2.24, 2.45) is 0 Å². The van der Waals surface area contributed by atoms with Gasteiger partial charge in [-0.05, 0) is 43.5 Å². The van der Waals surface area contributed by atoms with E-state index in [9.17, 15) is 8.42 Å². The predicted molar refractivity (Wildman–Crippen MR) is 114 cm³/mol. The lowest BCUT2D eigenvalue weighted by atomic mass is 10.0. The Labute approximate surface area is 172 Å². The number of sulfonamides is 1. The third-order valence-corrected chi connectivity index (χ3v) is 7.27. The van der Waals surface area contributed by atoms with Crippen LogP contribution in [0.4, 0.5) is 0 Å². The Morgan fingerprint density at radius 1 is 0.931 bits per heavy atom. The summed E-state index contributed by atoms with van der Waals surface area (Å²) in [6.07, 6.45) is 1.28. The number of hydrogen-bond acceptors (Lipinski definition) is 3. The molecule has 1 heterocycles. The van der Waals surface area contributed by atoms with E-state index in [1.54, 1.807) is 16.4 Å². The number of rotatable bonds is 4. The van der Waals surface area contributed by atoms with Crippen LogP contribution < -0.4 is 4.74 Å². The minimum absolute atomic E-state index is 0.183. The average Bonchev–Trinajstić information content (AvgIpc) is 2.71. The highest BCUT2D eigenvalue weighted by Gasteiger charge is 2.33. The van der Waals surface area contributed by atoms with Crippen LogP contribution in [0.2, 0.25) is 0 Å². The Kier molecular flexibility index (Phi) is 5.69. The Bertz CT molecular complexity index is 1060. The van der Waals surface area contributed by atoms with Crippen LogP contribution in [0.25, 0.3) is 0 Å². The van der Waals surface area contributed by atoms with Crippen LogP contribution in [0, 0.1) is 6.92 Å². The lowest BCUT2D eigenvalue weighted by Gasteiger charge is -2.33. The second-order valence-electron chi connectivity index (χ2n) is 7.45. The molecule has 0 unspecified atom stereocenters. The van der Waals surface area contributed by atoms with Crippen molar-refractivity contribution in [3.05, 3.63) is 95.6 Å². The van der Waals surface area contributed by atoms with Crippen LogP contribution >= 0.6 is 0 Å². The molecule has 1 aliphatic heterocycles. The number of fused-ring (bicyclic) bond motifs is 1. The Morgan fingerprint density at radius 2 is 1.62 bits per heavy atom. The van der Waals surface area contributed by atoms with Crippen LogP contribution in [0.5, 0.6) is 5.75 Å². The first-order valence-corrected chi connectivity index (χ1v) is 11.3. The summed E-state index contributed by atoms with van der Waals surface area (Å²) in [4.78, 5) is 0.333. The van der Waals surface area contributed by atoms with E-state index in [0.29, 0.717) is 30.9 Å². The molecule has 1 aliphatic rings. The van der Waals surface area contributed by atoms with Gasteiger partial charge in [0.15, 0.2) is 0 Å². The molecule has 29 heavy (non-hydrogen) atoms. The van der Waals surface area contributed by atoms with Gasteiger partial charge in [-0.25, -0.2) is 8.42 Å². The Hall–Kier alpha value is -2.63. The van der Waals surface area contributed by atoms with Gasteiger partial charge in [-0.3, -0.25) is 0 Å². The predicted octanol–water partition coefficient (Wildman–Crippen LogP) is 4.58. The quantitative estimate of drug-likeness (QED) is 0.636. The number of para-hydroxylation sites is 1. The van der Waals surface area contributed by atoms with E-state index in [1.165, 1.54) is 0 Å². The first-order valence-electron chi connectivity index (χ1n) is 9.87. The van der Waals surface area contributed by atoms with Gasteiger partial charge < -0.3 is 4.74 Å². The summed E-state index contributed by atoms with van der Waals surface area (Å²) in [6.45, 7) is 2.73. The van der Waals surface area contributed by atoms with Crippen molar-refractivity contribution in [2.75, 3.05) is 6.61 Å². The molecular weight excluding hydrogens is 382 g/mol. The molecule has 0 aromatic heterocycles. The minimum Gasteiger partial charge on any atom is -0.493 e. The van der Waals surface area contributed by atoms with Crippen LogP contribution in [0.1, 0.15) is 23.1 Å². The number of benzene rings is 3. The zero-order valence-corrected chi connectivity index (χ0v) is 17.3. The maximum absolute atomic E-state index is 13.7. The van der Waals surface area contributed by atoms with Gasteiger partial charge in [0.1, 0.15) is 5.75 Å². The molecule has 4 nitrogen and oxygen atoms in total. The lowest BCUT2D eigenvalue weighted by Crippen LogP contribution is -2.43. The van der Waals surface area contributed by atoms with Gasteiger partial charge in [-0.15, -0.1) is 0 Å². The van der Waals surface area contributed by atoms with Gasteiger partial charge in [0.05, 0.1) is 11.5 Å². The SMILES string of the molecule is Cc1ccc(S(=O)(=O)N2Cc3ccccc3OCC[C@@H]2Cc2ccccc2)cc1. The smallest absolute Gasteiger partial charge is 0.243 e. The fourth-order valence-corrected chi connectivity index (χ4v) is 5.37. The van der Waals surface area contributed by atoms with E-state index in [4.69, 9.17) is 4.74 Å². The molecule has 4 rings (SSSR count). The topological polar surface area (TPSA) is 46.6 Å². The van der Waals surface area contributed by atoms with Crippen LogP contribution in [-0.4, -0.2) is 25.4 Å². The largest absolute Gasteiger partial charge is 0.493 e. The molecule has 5 heteroatoms. The third kappa shape index (κ3) is 4.36. The average molecular weight is 408 g/mol. The van der Waals surface area contributed by atoms with Crippen molar-refractivity contribution in [3.8, 4) is 5.75 Å². The molecule has 0 bridgehead atoms. The minimum atomic E-state index is -3.65. The summed E-state index contributed by atoms with van der Waals surface area (Å²) in [5.74, 6) is 0.759. The van der Waals surface area contributed by atoms with Crippen LogP contribution in [0.15, 0.2) is 83.8 Å². The van der Waals surface area contributed by atoms with E-state index >= 15 is 0 Å².